The van der Waals surface area contributed by atoms with Crippen molar-refractivity contribution in [1.29, 1.82) is 0 Å². The van der Waals surface area contributed by atoms with Crippen molar-refractivity contribution in [1.82, 2.24) is 0 Å². The largest absolute Gasteiger partial charge is 0.396 e. The highest BCUT2D eigenvalue weighted by atomic mass is 16.3. The summed E-state index contributed by atoms with van der Waals surface area (Å²) in [7, 11) is 0. The fraction of sp³-hybridized carbons (Fsp3) is 0.800. The minimum Gasteiger partial charge on any atom is -0.396 e. The Labute approximate surface area is 138 Å². The number of ketones is 1. The molecule has 0 spiro atoms. The third-order valence-corrected chi connectivity index (χ3v) is 4.00. The SMILES string of the molecule is CCCCCCCC/C=C\CCCCCCCC(=O)[CH]CO. The number of hydrogen-bond acceptors (Lipinski definition) is 2. The van der Waals surface area contributed by atoms with Gasteiger partial charge in [-0.15, -0.1) is 0 Å². The van der Waals surface area contributed by atoms with E-state index in [1.807, 2.05) is 0 Å². The van der Waals surface area contributed by atoms with Crippen LogP contribution in [0, 0.1) is 6.42 Å². The molecule has 129 valence electrons. The number of allylic oxidation sites excluding steroid dienone is 2. The third-order valence-electron chi connectivity index (χ3n) is 4.00. The van der Waals surface area contributed by atoms with Crippen LogP contribution in [-0.4, -0.2) is 17.5 Å². The molecule has 0 saturated heterocycles. The number of unbranched alkanes of at least 4 members (excludes halogenated alkanes) is 11. The van der Waals surface area contributed by atoms with E-state index in [-0.39, 0.29) is 12.4 Å². The van der Waals surface area contributed by atoms with Gasteiger partial charge in [-0.05, 0) is 32.1 Å². The lowest BCUT2D eigenvalue weighted by Crippen LogP contribution is -2.01. The number of hydrogen-bond donors (Lipinski definition) is 1. The lowest BCUT2D eigenvalue weighted by atomic mass is 10.1. The molecular weight excluding hydrogens is 272 g/mol. The zero-order valence-corrected chi connectivity index (χ0v) is 14.7. The summed E-state index contributed by atoms with van der Waals surface area (Å²) in [5.74, 6) is 0.0835. The second-order valence-electron chi connectivity index (χ2n) is 6.19. The molecular formula is C20H37O2. The quantitative estimate of drug-likeness (QED) is 0.273. The summed E-state index contributed by atoms with van der Waals surface area (Å²) in [6, 6.07) is 0. The van der Waals surface area contributed by atoms with Crippen molar-refractivity contribution in [2.24, 2.45) is 0 Å². The van der Waals surface area contributed by atoms with E-state index in [1.165, 1.54) is 77.0 Å². The molecule has 0 aliphatic heterocycles. The predicted octanol–water partition coefficient (Wildman–Crippen LogP) is 5.79. The van der Waals surface area contributed by atoms with Crippen molar-refractivity contribution in [2.45, 2.75) is 96.8 Å². The molecule has 1 N–H and O–H groups in total. The molecule has 0 aliphatic rings. The van der Waals surface area contributed by atoms with Crippen molar-refractivity contribution in [3.05, 3.63) is 18.6 Å². The molecule has 0 bridgehead atoms. The van der Waals surface area contributed by atoms with Crippen LogP contribution in [0.1, 0.15) is 96.8 Å². The van der Waals surface area contributed by atoms with Crippen LogP contribution in [0.2, 0.25) is 0 Å². The molecule has 0 aromatic carbocycles. The number of carbonyl (C=O) groups is 1. The molecule has 0 unspecified atom stereocenters. The number of Topliss-reactive ketones (excluding diaryl/α,β-unsaturated/α-hetero) is 1. The second-order valence-corrected chi connectivity index (χ2v) is 6.19. The average molecular weight is 310 g/mol. The molecule has 2 heteroatoms. The van der Waals surface area contributed by atoms with Crippen molar-refractivity contribution in [3.63, 3.8) is 0 Å². The van der Waals surface area contributed by atoms with Gasteiger partial charge in [-0.3, -0.25) is 4.79 Å². The van der Waals surface area contributed by atoms with Crippen molar-refractivity contribution < 1.29 is 9.90 Å². The zero-order valence-electron chi connectivity index (χ0n) is 14.7. The van der Waals surface area contributed by atoms with Crippen LogP contribution in [0.5, 0.6) is 0 Å². The second kappa shape index (κ2) is 18.4. The Morgan fingerprint density at radius 2 is 1.27 bits per heavy atom. The summed E-state index contributed by atoms with van der Waals surface area (Å²) in [5, 5.41) is 8.58. The van der Waals surface area contributed by atoms with Crippen molar-refractivity contribution in [3.8, 4) is 0 Å². The molecule has 0 heterocycles. The van der Waals surface area contributed by atoms with Crippen LogP contribution in [-0.2, 0) is 4.79 Å². The molecule has 0 atom stereocenters. The van der Waals surface area contributed by atoms with E-state index in [0.717, 1.165) is 12.8 Å². The molecule has 0 fully saturated rings. The summed E-state index contributed by atoms with van der Waals surface area (Å²) in [6.45, 7) is 2.14. The zero-order chi connectivity index (χ0) is 16.3. The maximum Gasteiger partial charge on any atom is 0.139 e. The smallest absolute Gasteiger partial charge is 0.139 e. The molecule has 0 saturated carbocycles. The Hall–Kier alpha value is -0.630. The Bertz CT molecular complexity index is 258. The van der Waals surface area contributed by atoms with Gasteiger partial charge in [0.2, 0.25) is 0 Å². The molecule has 0 aromatic heterocycles. The summed E-state index contributed by atoms with van der Waals surface area (Å²) < 4.78 is 0. The first-order chi connectivity index (χ1) is 10.8. The van der Waals surface area contributed by atoms with Crippen LogP contribution >= 0.6 is 0 Å². The van der Waals surface area contributed by atoms with E-state index in [4.69, 9.17) is 5.11 Å². The molecule has 0 rings (SSSR count). The Morgan fingerprint density at radius 1 is 0.773 bits per heavy atom. The van der Waals surface area contributed by atoms with E-state index in [0.29, 0.717) is 6.42 Å². The summed E-state index contributed by atoms with van der Waals surface area (Å²) in [5.41, 5.74) is 0. The summed E-state index contributed by atoms with van der Waals surface area (Å²) in [6.07, 6.45) is 23.2. The fourth-order valence-electron chi connectivity index (χ4n) is 2.57. The van der Waals surface area contributed by atoms with Gasteiger partial charge in [0, 0.05) is 6.42 Å². The number of aliphatic hydroxyl groups excluding tert-OH is 1. The van der Waals surface area contributed by atoms with Gasteiger partial charge in [0.25, 0.3) is 0 Å². The normalized spacial score (nSPS) is 11.4. The summed E-state index contributed by atoms with van der Waals surface area (Å²) >= 11 is 0. The molecule has 0 amide bonds. The van der Waals surface area contributed by atoms with Crippen LogP contribution < -0.4 is 0 Å². The van der Waals surface area contributed by atoms with E-state index >= 15 is 0 Å². The first-order valence-electron chi connectivity index (χ1n) is 9.43. The first kappa shape index (κ1) is 21.4. The van der Waals surface area contributed by atoms with Crippen LogP contribution in [0.3, 0.4) is 0 Å². The topological polar surface area (TPSA) is 37.3 Å². The number of carbonyl (C=O) groups excluding carboxylic acids is 1. The van der Waals surface area contributed by atoms with Gasteiger partial charge in [0.15, 0.2) is 0 Å². The Morgan fingerprint density at radius 3 is 1.82 bits per heavy atom. The number of aliphatic hydroxyl groups is 1. The van der Waals surface area contributed by atoms with Gasteiger partial charge in [0.05, 0.1) is 13.0 Å². The fourth-order valence-corrected chi connectivity index (χ4v) is 2.57. The minimum atomic E-state index is -0.121. The van der Waals surface area contributed by atoms with Gasteiger partial charge >= 0.3 is 0 Å². The van der Waals surface area contributed by atoms with Crippen LogP contribution in [0.15, 0.2) is 12.2 Å². The predicted molar refractivity (Wildman–Crippen MR) is 95.8 cm³/mol. The summed E-state index contributed by atoms with van der Waals surface area (Å²) in [4.78, 5) is 11.2. The maximum absolute atomic E-state index is 11.2. The Kier molecular flexibility index (Phi) is 17.9. The third kappa shape index (κ3) is 17.4. The highest BCUT2D eigenvalue weighted by Crippen LogP contribution is 2.10. The van der Waals surface area contributed by atoms with Crippen LogP contribution in [0.4, 0.5) is 0 Å². The van der Waals surface area contributed by atoms with Gasteiger partial charge < -0.3 is 5.11 Å². The van der Waals surface area contributed by atoms with Gasteiger partial charge in [-0.2, -0.15) is 0 Å². The average Bonchev–Trinajstić information content (AvgIpc) is 2.51. The lowest BCUT2D eigenvalue weighted by molar-refractivity contribution is -0.116. The number of rotatable bonds is 17. The van der Waals surface area contributed by atoms with Crippen LogP contribution in [0.25, 0.3) is 0 Å². The molecule has 22 heavy (non-hydrogen) atoms. The van der Waals surface area contributed by atoms with Crippen molar-refractivity contribution in [2.75, 3.05) is 6.61 Å². The van der Waals surface area contributed by atoms with E-state index in [9.17, 15) is 4.79 Å². The van der Waals surface area contributed by atoms with Gasteiger partial charge in [0.1, 0.15) is 5.78 Å². The molecule has 0 aromatic rings. The maximum atomic E-state index is 11.2. The first-order valence-corrected chi connectivity index (χ1v) is 9.43. The van der Waals surface area contributed by atoms with Gasteiger partial charge in [-0.25, -0.2) is 0 Å². The molecule has 0 aliphatic carbocycles. The highest BCUT2D eigenvalue weighted by Gasteiger charge is 2.00. The highest BCUT2D eigenvalue weighted by molar-refractivity contribution is 5.86. The lowest BCUT2D eigenvalue weighted by Gasteiger charge is -2.00. The van der Waals surface area contributed by atoms with E-state index in [2.05, 4.69) is 19.1 Å². The van der Waals surface area contributed by atoms with E-state index in [1.54, 1.807) is 0 Å². The standard InChI is InChI=1S/C20H37O2/c1-2-3-4-5-6-7-8-9-10-11-12-13-14-15-16-17-20(22)18-19-21/h9-10,18,21H,2-8,11-17,19H2,1H3/b10-9-. The minimum absolute atomic E-state index is 0.0835. The molecule has 1 radical (unpaired) electrons. The van der Waals surface area contributed by atoms with Gasteiger partial charge in [-0.1, -0.05) is 70.4 Å². The Balaban J connectivity index is 3.12. The molecule has 2 nitrogen and oxygen atoms in total. The van der Waals surface area contributed by atoms with Crippen molar-refractivity contribution >= 4 is 5.78 Å². The van der Waals surface area contributed by atoms with E-state index < -0.39 is 0 Å². The monoisotopic (exact) mass is 309 g/mol.